The van der Waals surface area contributed by atoms with Crippen LogP contribution in [0.5, 0.6) is 0 Å². The molecule has 0 saturated heterocycles. The van der Waals surface area contributed by atoms with Crippen LogP contribution in [-0.2, 0) is 4.74 Å². The van der Waals surface area contributed by atoms with Crippen molar-refractivity contribution in [3.05, 3.63) is 35.4 Å². The molecule has 0 bridgehead atoms. The summed E-state index contributed by atoms with van der Waals surface area (Å²) in [5.74, 6) is 0.780. The van der Waals surface area contributed by atoms with Gasteiger partial charge >= 0.3 is 0 Å². The van der Waals surface area contributed by atoms with Gasteiger partial charge in [-0.3, -0.25) is 0 Å². The van der Waals surface area contributed by atoms with E-state index in [0.29, 0.717) is 0 Å². The predicted molar refractivity (Wildman–Crippen MR) is 65.7 cm³/mol. The topological polar surface area (TPSA) is 47.6 Å². The van der Waals surface area contributed by atoms with E-state index in [9.17, 15) is 0 Å². The lowest BCUT2D eigenvalue weighted by molar-refractivity contribution is 0.211. The van der Waals surface area contributed by atoms with Crippen LogP contribution in [0.2, 0.25) is 0 Å². The Morgan fingerprint density at radius 3 is 2.81 bits per heavy atom. The van der Waals surface area contributed by atoms with Gasteiger partial charge in [-0.15, -0.1) is 0 Å². The molecule has 1 aliphatic heterocycles. The molecule has 0 saturated carbocycles. The lowest BCUT2D eigenvalue weighted by atomic mass is 10.1. The third kappa shape index (κ3) is 2.61. The summed E-state index contributed by atoms with van der Waals surface area (Å²) in [6.45, 7) is 3.56. The molecule has 3 nitrogen and oxygen atoms in total. The van der Waals surface area contributed by atoms with Crippen LogP contribution in [0, 0.1) is 6.92 Å². The maximum atomic E-state index is 5.78. The predicted octanol–water partition coefficient (Wildman–Crippen LogP) is 1.88. The van der Waals surface area contributed by atoms with E-state index in [-0.39, 0.29) is 6.10 Å². The highest BCUT2D eigenvalue weighted by Crippen LogP contribution is 2.15. The van der Waals surface area contributed by atoms with Gasteiger partial charge in [0.1, 0.15) is 6.10 Å². The Morgan fingerprint density at radius 1 is 1.38 bits per heavy atom. The van der Waals surface area contributed by atoms with Gasteiger partial charge in [-0.1, -0.05) is 17.7 Å². The van der Waals surface area contributed by atoms with E-state index in [1.165, 1.54) is 5.56 Å². The number of ether oxygens (including phenoxy) is 1. The number of aryl methyl sites for hydroxylation is 1. The Morgan fingerprint density at radius 2 is 2.12 bits per heavy atom. The molecule has 1 aromatic rings. The Kier molecular flexibility index (Phi) is 3.57. The van der Waals surface area contributed by atoms with Crippen LogP contribution in [0.4, 0.5) is 0 Å². The molecule has 1 aliphatic rings. The van der Waals surface area contributed by atoms with Crippen molar-refractivity contribution in [2.75, 3.05) is 13.1 Å². The first kappa shape index (κ1) is 11.1. The summed E-state index contributed by atoms with van der Waals surface area (Å²) in [5.41, 5.74) is 7.80. The van der Waals surface area contributed by atoms with Gasteiger partial charge < -0.3 is 10.5 Å². The summed E-state index contributed by atoms with van der Waals surface area (Å²) in [6.07, 6.45) is 2.22. The number of hydrogen-bond donors (Lipinski definition) is 1. The van der Waals surface area contributed by atoms with E-state index in [4.69, 9.17) is 10.5 Å². The molecule has 1 atom stereocenters. The molecular weight excluding hydrogens is 200 g/mol. The smallest absolute Gasteiger partial charge is 0.216 e. The quantitative estimate of drug-likeness (QED) is 0.838. The fraction of sp³-hybridized carbons (Fsp3) is 0.462. The van der Waals surface area contributed by atoms with E-state index in [2.05, 4.69) is 36.2 Å². The van der Waals surface area contributed by atoms with Gasteiger partial charge in [-0.05, 0) is 38.4 Å². The van der Waals surface area contributed by atoms with Crippen LogP contribution in [0.25, 0.3) is 0 Å². The number of nitrogens with two attached hydrogens (primary N) is 1. The molecule has 2 rings (SSSR count). The molecule has 0 aliphatic carbocycles. The van der Waals surface area contributed by atoms with Crippen molar-refractivity contribution in [2.45, 2.75) is 25.9 Å². The maximum absolute atomic E-state index is 5.78. The van der Waals surface area contributed by atoms with Gasteiger partial charge in [0.25, 0.3) is 0 Å². The molecule has 1 heterocycles. The lowest BCUT2D eigenvalue weighted by Crippen LogP contribution is -2.15. The lowest BCUT2D eigenvalue weighted by Gasteiger charge is -2.10. The Balaban J connectivity index is 1.95. The van der Waals surface area contributed by atoms with E-state index in [0.717, 1.165) is 37.4 Å². The number of nitrogens with zero attached hydrogens (tertiary/aromatic N) is 1. The van der Waals surface area contributed by atoms with Crippen LogP contribution in [0.1, 0.15) is 24.0 Å². The molecule has 0 radical (unpaired) electrons. The minimum absolute atomic E-state index is 0.222. The summed E-state index contributed by atoms with van der Waals surface area (Å²) in [5, 5.41) is 0. The fourth-order valence-electron chi connectivity index (χ4n) is 1.77. The second kappa shape index (κ2) is 5.12. The summed E-state index contributed by atoms with van der Waals surface area (Å²) < 4.78 is 5.78. The first-order chi connectivity index (χ1) is 7.79. The zero-order chi connectivity index (χ0) is 11.4. The molecule has 0 aromatic heterocycles. The van der Waals surface area contributed by atoms with Crippen molar-refractivity contribution in [3.8, 4) is 0 Å². The highest BCUT2D eigenvalue weighted by atomic mass is 16.5. The highest BCUT2D eigenvalue weighted by molar-refractivity contribution is 5.95. The van der Waals surface area contributed by atoms with E-state index in [1.807, 2.05) is 0 Å². The molecule has 1 unspecified atom stereocenters. The second-order valence-corrected chi connectivity index (χ2v) is 4.18. The Bertz CT molecular complexity index is 370. The van der Waals surface area contributed by atoms with Crippen LogP contribution < -0.4 is 5.73 Å². The maximum Gasteiger partial charge on any atom is 0.216 e. The molecule has 3 heteroatoms. The molecule has 2 N–H and O–H groups in total. The van der Waals surface area contributed by atoms with Crippen LogP contribution in [0.3, 0.4) is 0 Å². The summed E-state index contributed by atoms with van der Waals surface area (Å²) in [4.78, 5) is 4.42. The molecular formula is C13H18N2O. The molecule has 1 aromatic carbocycles. The number of aliphatic imine (C=N–C) groups is 1. The molecule has 86 valence electrons. The van der Waals surface area contributed by atoms with Crippen LogP contribution in [0.15, 0.2) is 29.3 Å². The minimum Gasteiger partial charge on any atom is -0.472 e. The SMILES string of the molecule is Cc1ccc(C2=NCC(CCCN)O2)cc1. The average molecular weight is 218 g/mol. The number of hydrogen-bond acceptors (Lipinski definition) is 3. The Labute approximate surface area is 96.3 Å². The van der Waals surface area contributed by atoms with Crippen molar-refractivity contribution in [1.82, 2.24) is 0 Å². The monoisotopic (exact) mass is 218 g/mol. The van der Waals surface area contributed by atoms with E-state index in [1.54, 1.807) is 0 Å². The van der Waals surface area contributed by atoms with Gasteiger partial charge in [0.15, 0.2) is 0 Å². The van der Waals surface area contributed by atoms with Crippen LogP contribution in [-0.4, -0.2) is 25.1 Å². The summed E-state index contributed by atoms with van der Waals surface area (Å²) in [6, 6.07) is 8.27. The van der Waals surface area contributed by atoms with Crippen molar-refractivity contribution < 1.29 is 4.74 Å². The zero-order valence-electron chi connectivity index (χ0n) is 9.65. The largest absolute Gasteiger partial charge is 0.472 e. The minimum atomic E-state index is 0.222. The average Bonchev–Trinajstić information content (AvgIpc) is 2.76. The zero-order valence-corrected chi connectivity index (χ0v) is 9.65. The first-order valence-electron chi connectivity index (χ1n) is 5.78. The van der Waals surface area contributed by atoms with Gasteiger partial charge in [0, 0.05) is 5.56 Å². The highest BCUT2D eigenvalue weighted by Gasteiger charge is 2.19. The van der Waals surface area contributed by atoms with Crippen LogP contribution >= 0.6 is 0 Å². The first-order valence-corrected chi connectivity index (χ1v) is 5.78. The Hall–Kier alpha value is -1.35. The molecule has 0 amide bonds. The third-order valence-corrected chi connectivity index (χ3v) is 2.75. The van der Waals surface area contributed by atoms with E-state index < -0.39 is 0 Å². The van der Waals surface area contributed by atoms with Gasteiger partial charge in [0.2, 0.25) is 5.90 Å². The molecule has 16 heavy (non-hydrogen) atoms. The third-order valence-electron chi connectivity index (χ3n) is 2.75. The standard InChI is InChI=1S/C13H18N2O/c1-10-4-6-11(7-5-10)13-15-9-12(16-13)3-2-8-14/h4-7,12H,2-3,8-9,14H2,1H3. The second-order valence-electron chi connectivity index (χ2n) is 4.18. The van der Waals surface area contributed by atoms with Gasteiger partial charge in [0.05, 0.1) is 6.54 Å². The van der Waals surface area contributed by atoms with Crippen molar-refractivity contribution in [1.29, 1.82) is 0 Å². The molecule has 0 spiro atoms. The summed E-state index contributed by atoms with van der Waals surface area (Å²) in [7, 11) is 0. The van der Waals surface area contributed by atoms with E-state index >= 15 is 0 Å². The molecule has 0 fully saturated rings. The fourth-order valence-corrected chi connectivity index (χ4v) is 1.77. The number of benzene rings is 1. The normalized spacial score (nSPS) is 19.4. The van der Waals surface area contributed by atoms with Gasteiger partial charge in [-0.2, -0.15) is 0 Å². The van der Waals surface area contributed by atoms with Gasteiger partial charge in [-0.25, -0.2) is 4.99 Å². The summed E-state index contributed by atoms with van der Waals surface area (Å²) >= 11 is 0. The van der Waals surface area contributed by atoms with Crippen molar-refractivity contribution in [2.24, 2.45) is 10.7 Å². The van der Waals surface area contributed by atoms with Crippen molar-refractivity contribution >= 4 is 5.90 Å². The van der Waals surface area contributed by atoms with Crippen molar-refractivity contribution in [3.63, 3.8) is 0 Å². The number of rotatable bonds is 4.